The number of amides is 1. The van der Waals surface area contributed by atoms with Gasteiger partial charge < -0.3 is 4.42 Å². The zero-order chi connectivity index (χ0) is 14.1. The Morgan fingerprint density at radius 3 is 2.90 bits per heavy atom. The molecule has 0 radical (unpaired) electrons. The number of carbonyl (C=O) groups is 1. The summed E-state index contributed by atoms with van der Waals surface area (Å²) in [6.07, 6.45) is 1.13. The molecule has 5 nitrogen and oxygen atoms in total. The molecule has 0 saturated heterocycles. The van der Waals surface area contributed by atoms with Crippen LogP contribution in [0, 0.1) is 6.92 Å². The highest BCUT2D eigenvalue weighted by atomic mass is 32.1. The van der Waals surface area contributed by atoms with Crippen molar-refractivity contribution in [2.75, 3.05) is 5.32 Å². The van der Waals surface area contributed by atoms with Gasteiger partial charge in [0.1, 0.15) is 6.26 Å². The van der Waals surface area contributed by atoms with Gasteiger partial charge in [-0.1, -0.05) is 17.4 Å². The lowest BCUT2D eigenvalue weighted by Gasteiger charge is -1.99. The van der Waals surface area contributed by atoms with E-state index >= 15 is 0 Å². The molecule has 0 spiro atoms. The van der Waals surface area contributed by atoms with Gasteiger partial charge in [-0.25, -0.2) is 9.78 Å². The van der Waals surface area contributed by atoms with Gasteiger partial charge in [-0.15, -0.1) is 0 Å². The van der Waals surface area contributed by atoms with E-state index in [4.69, 9.17) is 0 Å². The molecule has 1 N–H and O–H groups in total. The SMILES string of the molecule is Cc1ccc2nc(NC(=O)c3ccc(=O)oc3)sc2c1. The molecular weight excluding hydrogens is 276 g/mol. The van der Waals surface area contributed by atoms with Crippen LogP contribution in [0.25, 0.3) is 10.2 Å². The number of carbonyl (C=O) groups excluding carboxylic acids is 1. The Balaban J connectivity index is 1.87. The molecule has 6 heteroatoms. The molecule has 1 aromatic carbocycles. The van der Waals surface area contributed by atoms with Gasteiger partial charge >= 0.3 is 5.63 Å². The summed E-state index contributed by atoms with van der Waals surface area (Å²) < 4.78 is 5.67. The number of nitrogens with zero attached hydrogens (tertiary/aromatic N) is 1. The third-order valence-corrected chi connectivity index (χ3v) is 3.66. The van der Waals surface area contributed by atoms with E-state index in [-0.39, 0.29) is 11.5 Å². The number of anilines is 1. The van der Waals surface area contributed by atoms with Crippen LogP contribution in [0.1, 0.15) is 15.9 Å². The van der Waals surface area contributed by atoms with Crippen LogP contribution in [-0.2, 0) is 0 Å². The van der Waals surface area contributed by atoms with Crippen molar-refractivity contribution in [1.82, 2.24) is 4.98 Å². The molecule has 0 fully saturated rings. The Morgan fingerprint density at radius 1 is 1.30 bits per heavy atom. The summed E-state index contributed by atoms with van der Waals surface area (Å²) in [6, 6.07) is 8.53. The van der Waals surface area contributed by atoms with E-state index < -0.39 is 5.63 Å². The predicted molar refractivity (Wildman–Crippen MR) is 77.3 cm³/mol. The van der Waals surface area contributed by atoms with E-state index in [1.54, 1.807) is 0 Å². The Morgan fingerprint density at radius 2 is 2.15 bits per heavy atom. The van der Waals surface area contributed by atoms with Crippen LogP contribution in [0.3, 0.4) is 0 Å². The molecule has 1 amide bonds. The highest BCUT2D eigenvalue weighted by Gasteiger charge is 2.10. The maximum atomic E-state index is 12.0. The van der Waals surface area contributed by atoms with Crippen molar-refractivity contribution in [3.8, 4) is 0 Å². The maximum absolute atomic E-state index is 12.0. The third kappa shape index (κ3) is 2.46. The first kappa shape index (κ1) is 12.6. The molecule has 20 heavy (non-hydrogen) atoms. The van der Waals surface area contributed by atoms with Crippen molar-refractivity contribution in [2.24, 2.45) is 0 Å². The van der Waals surface area contributed by atoms with Crippen LogP contribution >= 0.6 is 11.3 Å². The minimum atomic E-state index is -0.489. The molecule has 0 atom stereocenters. The number of rotatable bonds is 2. The van der Waals surface area contributed by atoms with Crippen molar-refractivity contribution in [2.45, 2.75) is 6.92 Å². The monoisotopic (exact) mass is 286 g/mol. The molecule has 3 aromatic rings. The molecule has 0 unspecified atom stereocenters. The summed E-state index contributed by atoms with van der Waals surface area (Å²) in [6.45, 7) is 2.00. The van der Waals surface area contributed by atoms with Crippen LogP contribution in [0.2, 0.25) is 0 Å². The number of aryl methyl sites for hydroxylation is 1. The first-order chi connectivity index (χ1) is 9.61. The summed E-state index contributed by atoms with van der Waals surface area (Å²) in [5.41, 5.74) is 1.77. The maximum Gasteiger partial charge on any atom is 0.335 e. The van der Waals surface area contributed by atoms with Crippen LogP contribution in [-0.4, -0.2) is 10.9 Å². The highest BCUT2D eigenvalue weighted by molar-refractivity contribution is 7.22. The van der Waals surface area contributed by atoms with Gasteiger partial charge in [-0.05, 0) is 30.7 Å². The van der Waals surface area contributed by atoms with Gasteiger partial charge in [-0.2, -0.15) is 0 Å². The molecular formula is C14H10N2O3S. The average molecular weight is 286 g/mol. The molecule has 0 aliphatic heterocycles. The number of thiazole rings is 1. The minimum Gasteiger partial charge on any atom is -0.430 e. The van der Waals surface area contributed by atoms with Crippen molar-refractivity contribution in [3.05, 3.63) is 58.1 Å². The number of aromatic nitrogens is 1. The van der Waals surface area contributed by atoms with E-state index in [1.807, 2.05) is 25.1 Å². The van der Waals surface area contributed by atoms with Gasteiger partial charge in [0.05, 0.1) is 15.8 Å². The summed E-state index contributed by atoms with van der Waals surface area (Å²) in [5.74, 6) is -0.357. The Bertz CT molecular complexity index is 830. The number of benzene rings is 1. The fourth-order valence-corrected chi connectivity index (χ4v) is 2.70. The molecule has 3 rings (SSSR count). The first-order valence-electron chi connectivity index (χ1n) is 5.89. The van der Waals surface area contributed by atoms with Crippen LogP contribution in [0.4, 0.5) is 5.13 Å². The highest BCUT2D eigenvalue weighted by Crippen LogP contribution is 2.26. The number of nitrogens with one attached hydrogen (secondary N) is 1. The molecule has 0 aliphatic rings. The summed E-state index contributed by atoms with van der Waals surface area (Å²) in [5, 5.41) is 3.21. The fraction of sp³-hybridized carbons (Fsp3) is 0.0714. The van der Waals surface area contributed by atoms with E-state index in [0.717, 1.165) is 22.0 Å². The largest absolute Gasteiger partial charge is 0.430 e. The Labute approximate surface area is 117 Å². The zero-order valence-corrected chi connectivity index (χ0v) is 11.4. The van der Waals surface area contributed by atoms with Crippen molar-refractivity contribution < 1.29 is 9.21 Å². The standard InChI is InChI=1S/C14H10N2O3S/c1-8-2-4-10-11(6-8)20-14(15-10)16-13(18)9-3-5-12(17)19-7-9/h2-7H,1H3,(H,15,16,18). The van der Waals surface area contributed by atoms with Gasteiger partial charge in [0.15, 0.2) is 5.13 Å². The normalized spacial score (nSPS) is 10.7. The van der Waals surface area contributed by atoms with Crippen LogP contribution in [0.15, 0.2) is 45.8 Å². The number of hydrogen-bond acceptors (Lipinski definition) is 5. The second kappa shape index (κ2) is 4.90. The van der Waals surface area contributed by atoms with Gasteiger partial charge in [0, 0.05) is 6.07 Å². The van der Waals surface area contributed by atoms with Crippen molar-refractivity contribution in [1.29, 1.82) is 0 Å². The Kier molecular flexibility index (Phi) is 3.08. The zero-order valence-electron chi connectivity index (χ0n) is 10.5. The minimum absolute atomic E-state index is 0.278. The van der Waals surface area contributed by atoms with E-state index in [2.05, 4.69) is 14.7 Å². The topological polar surface area (TPSA) is 72.2 Å². The second-order valence-corrected chi connectivity index (χ2v) is 5.32. The van der Waals surface area contributed by atoms with E-state index in [9.17, 15) is 9.59 Å². The van der Waals surface area contributed by atoms with Crippen molar-refractivity contribution >= 4 is 32.6 Å². The quantitative estimate of drug-likeness (QED) is 0.786. The molecule has 2 heterocycles. The smallest absolute Gasteiger partial charge is 0.335 e. The first-order valence-corrected chi connectivity index (χ1v) is 6.71. The lowest BCUT2D eigenvalue weighted by Crippen LogP contribution is -2.12. The summed E-state index contributed by atoms with van der Waals surface area (Å²) >= 11 is 1.40. The van der Waals surface area contributed by atoms with Crippen LogP contribution in [0.5, 0.6) is 0 Å². The van der Waals surface area contributed by atoms with Crippen molar-refractivity contribution in [3.63, 3.8) is 0 Å². The fourth-order valence-electron chi connectivity index (χ4n) is 1.74. The number of fused-ring (bicyclic) bond motifs is 1. The van der Waals surface area contributed by atoms with E-state index in [0.29, 0.717) is 5.13 Å². The van der Waals surface area contributed by atoms with E-state index in [1.165, 1.54) is 23.5 Å². The van der Waals surface area contributed by atoms with Gasteiger partial charge in [0.25, 0.3) is 5.91 Å². The number of hydrogen-bond donors (Lipinski definition) is 1. The molecule has 0 aliphatic carbocycles. The average Bonchev–Trinajstić information content (AvgIpc) is 2.80. The van der Waals surface area contributed by atoms with Gasteiger partial charge in [-0.3, -0.25) is 10.1 Å². The Hall–Kier alpha value is -2.47. The predicted octanol–water partition coefficient (Wildman–Crippen LogP) is 2.81. The van der Waals surface area contributed by atoms with Gasteiger partial charge in [0.2, 0.25) is 0 Å². The molecule has 0 bridgehead atoms. The summed E-state index contributed by atoms with van der Waals surface area (Å²) in [7, 11) is 0. The lowest BCUT2D eigenvalue weighted by atomic mass is 10.2. The van der Waals surface area contributed by atoms with Crippen LogP contribution < -0.4 is 10.9 Å². The second-order valence-electron chi connectivity index (χ2n) is 4.29. The molecule has 100 valence electrons. The summed E-state index contributed by atoms with van der Waals surface area (Å²) in [4.78, 5) is 27.1. The molecule has 0 saturated carbocycles. The molecule has 2 aromatic heterocycles. The lowest BCUT2D eigenvalue weighted by molar-refractivity contribution is 0.102. The third-order valence-electron chi connectivity index (χ3n) is 2.73.